The summed E-state index contributed by atoms with van der Waals surface area (Å²) < 4.78 is 12.2. The van der Waals surface area contributed by atoms with Crippen molar-refractivity contribution in [3.63, 3.8) is 0 Å². The largest absolute Gasteiger partial charge is 0.450 e. The van der Waals surface area contributed by atoms with E-state index in [0.717, 1.165) is 30.4 Å². The number of halogens is 2. The van der Waals surface area contributed by atoms with Gasteiger partial charge in [0.15, 0.2) is 15.1 Å². The van der Waals surface area contributed by atoms with Crippen LogP contribution in [0.1, 0.15) is 30.8 Å². The molecule has 1 saturated carbocycles. The second kappa shape index (κ2) is 6.20. The van der Waals surface area contributed by atoms with Crippen molar-refractivity contribution >= 4 is 49.8 Å². The Morgan fingerprint density at radius 3 is 1.71 bits per heavy atom. The molecule has 3 nitrogen and oxygen atoms in total. The number of ketones is 1. The normalized spacial score (nSPS) is 19.6. The minimum Gasteiger partial charge on any atom is -0.450 e. The molecule has 2 aromatic heterocycles. The molecule has 0 saturated heterocycles. The van der Waals surface area contributed by atoms with Gasteiger partial charge in [-0.2, -0.15) is 0 Å². The zero-order valence-electron chi connectivity index (χ0n) is 11.1. The zero-order chi connectivity index (χ0) is 14.8. The summed E-state index contributed by atoms with van der Waals surface area (Å²) >= 11 is 6.52. The van der Waals surface area contributed by atoms with Gasteiger partial charge in [-0.3, -0.25) is 4.79 Å². The fourth-order valence-electron chi connectivity index (χ4n) is 2.33. The molecule has 1 aliphatic rings. The van der Waals surface area contributed by atoms with E-state index >= 15 is 0 Å². The lowest BCUT2D eigenvalue weighted by Crippen LogP contribution is -2.12. The lowest BCUT2D eigenvalue weighted by Gasteiger charge is -2.15. The molecule has 2 aromatic rings. The van der Waals surface area contributed by atoms with E-state index in [1.165, 1.54) is 0 Å². The number of furan rings is 2. The first-order valence-corrected chi connectivity index (χ1v) is 8.17. The van der Waals surface area contributed by atoms with Gasteiger partial charge in [-0.25, -0.2) is 0 Å². The van der Waals surface area contributed by atoms with Gasteiger partial charge in [0, 0.05) is 11.1 Å². The summed E-state index contributed by atoms with van der Waals surface area (Å²) in [6, 6.07) is 7.31. The molecule has 0 spiro atoms. The molecule has 108 valence electrons. The van der Waals surface area contributed by atoms with Gasteiger partial charge in [0.05, 0.1) is 0 Å². The summed E-state index contributed by atoms with van der Waals surface area (Å²) in [4.78, 5) is 12.5. The van der Waals surface area contributed by atoms with Gasteiger partial charge < -0.3 is 8.83 Å². The predicted octanol–water partition coefficient (Wildman–Crippen LogP) is 5.62. The highest BCUT2D eigenvalue weighted by atomic mass is 79.9. The first kappa shape index (κ1) is 14.6. The Morgan fingerprint density at radius 2 is 1.33 bits per heavy atom. The monoisotopic (exact) mass is 410 g/mol. The highest BCUT2D eigenvalue weighted by Crippen LogP contribution is 2.29. The molecular weight excluding hydrogens is 400 g/mol. The van der Waals surface area contributed by atoms with Gasteiger partial charge in [-0.05, 0) is 87.5 Å². The molecule has 0 bridgehead atoms. The van der Waals surface area contributed by atoms with Crippen LogP contribution in [0.15, 0.2) is 53.6 Å². The van der Waals surface area contributed by atoms with Gasteiger partial charge in [0.2, 0.25) is 0 Å². The Balaban J connectivity index is 1.87. The molecular formula is C16H12Br2O3. The maximum absolute atomic E-state index is 12.5. The van der Waals surface area contributed by atoms with E-state index < -0.39 is 0 Å². The summed E-state index contributed by atoms with van der Waals surface area (Å²) in [5.74, 6) is 1.45. The van der Waals surface area contributed by atoms with Crippen molar-refractivity contribution in [2.45, 2.75) is 19.3 Å². The van der Waals surface area contributed by atoms with Crippen molar-refractivity contribution in [3.8, 4) is 0 Å². The standard InChI is InChI=1S/C16H12Br2O3/c17-14-6-4-12(20-14)8-10-2-1-3-11(16(10)19)9-13-5-7-15(18)21-13/h4-9H,1-3H2/b10-8+,11-9+. The van der Waals surface area contributed by atoms with Gasteiger partial charge in [-0.1, -0.05) is 0 Å². The molecule has 1 fully saturated rings. The Morgan fingerprint density at radius 1 is 0.857 bits per heavy atom. The Bertz CT molecular complexity index is 674. The molecule has 0 radical (unpaired) electrons. The van der Waals surface area contributed by atoms with E-state index in [4.69, 9.17) is 8.83 Å². The Hall–Kier alpha value is -1.33. The third-order valence-corrected chi connectivity index (χ3v) is 4.15. The molecule has 5 heteroatoms. The summed E-state index contributed by atoms with van der Waals surface area (Å²) in [5, 5.41) is 0. The van der Waals surface area contributed by atoms with Crippen LogP contribution in [0.4, 0.5) is 0 Å². The van der Waals surface area contributed by atoms with E-state index in [1.807, 2.05) is 36.4 Å². The van der Waals surface area contributed by atoms with Crippen molar-refractivity contribution in [1.82, 2.24) is 0 Å². The minimum absolute atomic E-state index is 0.0706. The predicted molar refractivity (Wildman–Crippen MR) is 87.6 cm³/mol. The quantitative estimate of drug-likeness (QED) is 0.602. The summed E-state index contributed by atoms with van der Waals surface area (Å²) in [6.45, 7) is 0. The summed E-state index contributed by atoms with van der Waals surface area (Å²) in [6.07, 6.45) is 6.14. The van der Waals surface area contributed by atoms with Crippen molar-refractivity contribution in [2.75, 3.05) is 0 Å². The molecule has 21 heavy (non-hydrogen) atoms. The van der Waals surface area contributed by atoms with Gasteiger partial charge >= 0.3 is 0 Å². The molecule has 3 rings (SSSR count). The first-order valence-electron chi connectivity index (χ1n) is 6.58. The second-order valence-corrected chi connectivity index (χ2v) is 6.37. The highest BCUT2D eigenvalue weighted by molar-refractivity contribution is 9.10. The molecule has 0 unspecified atom stereocenters. The molecule has 0 aliphatic heterocycles. The lowest BCUT2D eigenvalue weighted by atomic mass is 9.88. The van der Waals surface area contributed by atoms with Crippen molar-refractivity contribution < 1.29 is 13.6 Å². The van der Waals surface area contributed by atoms with Crippen LogP contribution in [-0.2, 0) is 4.79 Å². The first-order chi connectivity index (χ1) is 10.1. The number of Topliss-reactive ketones (excluding diaryl/α,β-unsaturated/α-hetero) is 1. The molecule has 0 N–H and O–H groups in total. The lowest BCUT2D eigenvalue weighted by molar-refractivity contribution is -0.112. The molecule has 1 aliphatic carbocycles. The second-order valence-electron chi connectivity index (χ2n) is 4.81. The fraction of sp³-hybridized carbons (Fsp3) is 0.188. The van der Waals surface area contributed by atoms with E-state index in [2.05, 4.69) is 31.9 Å². The van der Waals surface area contributed by atoms with Crippen LogP contribution < -0.4 is 0 Å². The van der Waals surface area contributed by atoms with Gasteiger partial charge in [0.1, 0.15) is 11.5 Å². The molecule has 2 heterocycles. The maximum atomic E-state index is 12.5. The van der Waals surface area contributed by atoms with E-state index in [-0.39, 0.29) is 5.78 Å². The van der Waals surface area contributed by atoms with Gasteiger partial charge in [-0.15, -0.1) is 0 Å². The third-order valence-electron chi connectivity index (χ3n) is 3.30. The SMILES string of the molecule is O=C1/C(=C/c2ccc(Br)o2)CCC/C1=C\c1ccc(Br)o1. The van der Waals surface area contributed by atoms with Crippen LogP contribution in [-0.4, -0.2) is 5.78 Å². The molecule has 0 amide bonds. The Labute approximate surface area is 139 Å². The van der Waals surface area contributed by atoms with Crippen LogP contribution >= 0.6 is 31.9 Å². The molecule has 0 atom stereocenters. The highest BCUT2D eigenvalue weighted by Gasteiger charge is 2.21. The maximum Gasteiger partial charge on any atom is 0.185 e. The summed E-state index contributed by atoms with van der Waals surface area (Å²) in [7, 11) is 0. The summed E-state index contributed by atoms with van der Waals surface area (Å²) in [5.41, 5.74) is 1.56. The van der Waals surface area contributed by atoms with Gasteiger partial charge in [0.25, 0.3) is 0 Å². The van der Waals surface area contributed by atoms with Crippen molar-refractivity contribution in [3.05, 3.63) is 56.3 Å². The topological polar surface area (TPSA) is 43.4 Å². The zero-order valence-corrected chi connectivity index (χ0v) is 14.2. The number of hydrogen-bond acceptors (Lipinski definition) is 3. The average molecular weight is 412 g/mol. The minimum atomic E-state index is 0.0706. The Kier molecular flexibility index (Phi) is 4.31. The van der Waals surface area contributed by atoms with E-state index in [0.29, 0.717) is 20.9 Å². The average Bonchev–Trinajstić information content (AvgIpc) is 3.03. The number of hydrogen-bond donors (Lipinski definition) is 0. The van der Waals surface area contributed by atoms with E-state index in [9.17, 15) is 4.79 Å². The van der Waals surface area contributed by atoms with Crippen LogP contribution in [0.25, 0.3) is 12.2 Å². The number of carbonyl (C=O) groups excluding carboxylic acids is 1. The van der Waals surface area contributed by atoms with Crippen LogP contribution in [0.3, 0.4) is 0 Å². The van der Waals surface area contributed by atoms with Crippen molar-refractivity contribution in [1.29, 1.82) is 0 Å². The van der Waals surface area contributed by atoms with Crippen LogP contribution in [0.5, 0.6) is 0 Å². The van der Waals surface area contributed by atoms with Crippen molar-refractivity contribution in [2.24, 2.45) is 0 Å². The third kappa shape index (κ3) is 3.47. The van der Waals surface area contributed by atoms with Crippen LogP contribution in [0.2, 0.25) is 0 Å². The van der Waals surface area contributed by atoms with E-state index in [1.54, 1.807) is 0 Å². The number of allylic oxidation sites excluding steroid dienone is 2. The smallest absolute Gasteiger partial charge is 0.185 e. The van der Waals surface area contributed by atoms with Crippen LogP contribution in [0, 0.1) is 0 Å². The number of carbonyl (C=O) groups is 1. The molecule has 0 aromatic carbocycles. The fourth-order valence-corrected chi connectivity index (χ4v) is 2.97. The number of rotatable bonds is 2.